The lowest BCUT2D eigenvalue weighted by Crippen LogP contribution is -2.23. The van der Waals surface area contributed by atoms with E-state index in [0.717, 1.165) is 16.7 Å². The van der Waals surface area contributed by atoms with E-state index in [4.69, 9.17) is 0 Å². The van der Waals surface area contributed by atoms with Crippen LogP contribution in [0.1, 0.15) is 42.6 Å². The number of hydrogen-bond donors (Lipinski definition) is 3. The minimum Gasteiger partial charge on any atom is -0.392 e. The fourth-order valence-electron chi connectivity index (χ4n) is 2.60. The van der Waals surface area contributed by atoms with Gasteiger partial charge in [-0.15, -0.1) is 0 Å². The van der Waals surface area contributed by atoms with Crippen molar-refractivity contribution in [3.63, 3.8) is 0 Å². The quantitative estimate of drug-likeness (QED) is 0.718. The van der Waals surface area contributed by atoms with Gasteiger partial charge in [-0.2, -0.15) is 0 Å². The van der Waals surface area contributed by atoms with Gasteiger partial charge in [0.05, 0.1) is 11.5 Å². The molecule has 0 aliphatic carbocycles. The second kappa shape index (κ2) is 7.90. The predicted octanol–water partition coefficient (Wildman–Crippen LogP) is 2.50. The van der Waals surface area contributed by atoms with Gasteiger partial charge in [-0.1, -0.05) is 36.4 Å². The third-order valence-corrected chi connectivity index (χ3v) is 5.48. The molecule has 24 heavy (non-hydrogen) atoms. The van der Waals surface area contributed by atoms with Gasteiger partial charge in [-0.05, 0) is 49.7 Å². The average molecular weight is 348 g/mol. The summed E-state index contributed by atoms with van der Waals surface area (Å²) in [5, 5.41) is 12.7. The second-order valence-corrected chi connectivity index (χ2v) is 7.68. The van der Waals surface area contributed by atoms with E-state index in [1.165, 1.54) is 7.05 Å². The molecule has 0 fully saturated rings. The van der Waals surface area contributed by atoms with Crippen LogP contribution < -0.4 is 10.0 Å². The van der Waals surface area contributed by atoms with E-state index < -0.39 is 10.0 Å². The van der Waals surface area contributed by atoms with Crippen LogP contribution in [0.5, 0.6) is 0 Å². The summed E-state index contributed by atoms with van der Waals surface area (Å²) in [5.41, 5.74) is 2.85. The summed E-state index contributed by atoms with van der Waals surface area (Å²) in [6.45, 7) is 4.05. The van der Waals surface area contributed by atoms with Crippen LogP contribution in [0.4, 0.5) is 0 Å². The third-order valence-electron chi connectivity index (χ3n) is 4.07. The highest BCUT2D eigenvalue weighted by Gasteiger charge is 2.15. The summed E-state index contributed by atoms with van der Waals surface area (Å²) in [6.07, 6.45) is 0. The van der Waals surface area contributed by atoms with Crippen LogP contribution in [-0.4, -0.2) is 20.6 Å². The van der Waals surface area contributed by atoms with Crippen molar-refractivity contribution in [2.24, 2.45) is 0 Å². The standard InChI is InChI=1S/C18H24N2O3S/c1-13(16-7-4-6-15(10-16)12-21)20-14(2)17-8-5-9-18(11-17)24(22,23)19-3/h4-11,13-14,19-21H,12H2,1-3H3. The largest absolute Gasteiger partial charge is 0.392 e. The highest BCUT2D eigenvalue weighted by molar-refractivity contribution is 7.89. The first-order valence-electron chi connectivity index (χ1n) is 7.86. The fourth-order valence-corrected chi connectivity index (χ4v) is 3.38. The van der Waals surface area contributed by atoms with Crippen molar-refractivity contribution in [3.8, 4) is 0 Å². The molecule has 0 radical (unpaired) electrons. The number of aliphatic hydroxyl groups excluding tert-OH is 1. The Hall–Kier alpha value is -1.73. The van der Waals surface area contributed by atoms with Gasteiger partial charge in [0, 0.05) is 12.1 Å². The van der Waals surface area contributed by atoms with E-state index in [9.17, 15) is 13.5 Å². The van der Waals surface area contributed by atoms with Crippen LogP contribution in [0.3, 0.4) is 0 Å². The summed E-state index contributed by atoms with van der Waals surface area (Å²) in [6, 6.07) is 14.7. The van der Waals surface area contributed by atoms with Gasteiger partial charge in [0.1, 0.15) is 0 Å². The molecule has 130 valence electrons. The van der Waals surface area contributed by atoms with Gasteiger partial charge in [-0.25, -0.2) is 13.1 Å². The average Bonchev–Trinajstić information content (AvgIpc) is 2.61. The molecule has 0 saturated carbocycles. The molecule has 0 heterocycles. The Kier molecular flexibility index (Phi) is 6.12. The van der Waals surface area contributed by atoms with E-state index in [2.05, 4.69) is 10.0 Å². The monoisotopic (exact) mass is 348 g/mol. The minimum absolute atomic E-state index is 0.0139. The zero-order valence-corrected chi connectivity index (χ0v) is 15.0. The molecule has 0 aromatic heterocycles. The van der Waals surface area contributed by atoms with Gasteiger partial charge < -0.3 is 10.4 Å². The topological polar surface area (TPSA) is 78.4 Å². The normalized spacial score (nSPS) is 14.3. The van der Waals surface area contributed by atoms with E-state index >= 15 is 0 Å². The van der Waals surface area contributed by atoms with Crippen LogP contribution in [0.2, 0.25) is 0 Å². The molecule has 3 N–H and O–H groups in total. The minimum atomic E-state index is -3.45. The predicted molar refractivity (Wildman–Crippen MR) is 95.0 cm³/mol. The van der Waals surface area contributed by atoms with Crippen molar-refractivity contribution in [3.05, 3.63) is 65.2 Å². The molecule has 0 spiro atoms. The van der Waals surface area contributed by atoms with Gasteiger partial charge >= 0.3 is 0 Å². The molecule has 0 bridgehead atoms. The molecule has 0 saturated heterocycles. The van der Waals surface area contributed by atoms with E-state index in [0.29, 0.717) is 0 Å². The van der Waals surface area contributed by atoms with Crippen molar-refractivity contribution < 1.29 is 13.5 Å². The number of hydrogen-bond acceptors (Lipinski definition) is 4. The Balaban J connectivity index is 2.17. The van der Waals surface area contributed by atoms with Crippen LogP contribution in [0, 0.1) is 0 Å². The molecule has 0 amide bonds. The van der Waals surface area contributed by atoms with Gasteiger partial charge in [0.2, 0.25) is 10.0 Å². The highest BCUT2D eigenvalue weighted by atomic mass is 32.2. The Morgan fingerprint density at radius 3 is 2.17 bits per heavy atom. The maximum atomic E-state index is 11.9. The Morgan fingerprint density at radius 1 is 1.00 bits per heavy atom. The highest BCUT2D eigenvalue weighted by Crippen LogP contribution is 2.22. The molecule has 5 nitrogen and oxygen atoms in total. The lowest BCUT2D eigenvalue weighted by Gasteiger charge is -2.21. The van der Waals surface area contributed by atoms with Crippen LogP contribution >= 0.6 is 0 Å². The Morgan fingerprint density at radius 2 is 1.58 bits per heavy atom. The van der Waals surface area contributed by atoms with Crippen molar-refractivity contribution in [1.29, 1.82) is 0 Å². The third kappa shape index (κ3) is 4.42. The number of sulfonamides is 1. The first kappa shape index (κ1) is 18.6. The molecular formula is C18H24N2O3S. The molecule has 6 heteroatoms. The van der Waals surface area contributed by atoms with Gasteiger partial charge in [-0.3, -0.25) is 0 Å². The molecule has 2 atom stereocenters. The zero-order chi connectivity index (χ0) is 17.7. The summed E-state index contributed by atoms with van der Waals surface area (Å²) in [5.74, 6) is 0. The summed E-state index contributed by atoms with van der Waals surface area (Å²) < 4.78 is 26.2. The van der Waals surface area contributed by atoms with Crippen LogP contribution in [0.25, 0.3) is 0 Å². The second-order valence-electron chi connectivity index (χ2n) is 5.79. The first-order valence-corrected chi connectivity index (χ1v) is 9.35. The molecule has 0 aliphatic heterocycles. The number of benzene rings is 2. The van der Waals surface area contributed by atoms with Gasteiger partial charge in [0.15, 0.2) is 0 Å². The van der Waals surface area contributed by atoms with Crippen LogP contribution in [-0.2, 0) is 16.6 Å². The summed E-state index contributed by atoms with van der Waals surface area (Å²) in [4.78, 5) is 0.256. The number of rotatable bonds is 7. The molecular weight excluding hydrogens is 324 g/mol. The van der Waals surface area contributed by atoms with Crippen molar-refractivity contribution in [2.45, 2.75) is 37.4 Å². The molecule has 2 aromatic rings. The van der Waals surface area contributed by atoms with E-state index in [1.54, 1.807) is 18.2 Å². The Labute approximate surface area is 143 Å². The molecule has 2 aromatic carbocycles. The van der Waals surface area contributed by atoms with E-state index in [-0.39, 0.29) is 23.6 Å². The first-order chi connectivity index (χ1) is 11.4. The SMILES string of the molecule is CNS(=O)(=O)c1cccc(C(C)NC(C)c2cccc(CO)c2)c1. The van der Waals surface area contributed by atoms with Crippen molar-refractivity contribution in [2.75, 3.05) is 7.05 Å². The lowest BCUT2D eigenvalue weighted by molar-refractivity contribution is 0.281. The van der Waals surface area contributed by atoms with Crippen molar-refractivity contribution in [1.82, 2.24) is 10.0 Å². The fraction of sp³-hybridized carbons (Fsp3) is 0.333. The molecule has 2 unspecified atom stereocenters. The van der Waals surface area contributed by atoms with E-state index in [1.807, 2.05) is 44.2 Å². The van der Waals surface area contributed by atoms with Crippen LogP contribution in [0.15, 0.2) is 53.4 Å². The number of aliphatic hydroxyl groups is 1. The maximum Gasteiger partial charge on any atom is 0.240 e. The maximum absolute atomic E-state index is 11.9. The molecule has 0 aliphatic rings. The molecule has 2 rings (SSSR count). The zero-order valence-electron chi connectivity index (χ0n) is 14.2. The Bertz CT molecular complexity index is 790. The number of nitrogens with one attached hydrogen (secondary N) is 2. The lowest BCUT2D eigenvalue weighted by atomic mass is 10.0. The summed E-state index contributed by atoms with van der Waals surface area (Å²) >= 11 is 0. The smallest absolute Gasteiger partial charge is 0.240 e. The van der Waals surface area contributed by atoms with Crippen molar-refractivity contribution >= 4 is 10.0 Å². The summed E-state index contributed by atoms with van der Waals surface area (Å²) in [7, 11) is -2.05. The van der Waals surface area contributed by atoms with Gasteiger partial charge in [0.25, 0.3) is 0 Å².